The number of piperazine rings is 1. The van der Waals surface area contributed by atoms with E-state index in [4.69, 9.17) is 5.73 Å². The molecule has 2 heterocycles. The molecule has 1 aromatic heterocycles. The van der Waals surface area contributed by atoms with Gasteiger partial charge in [0.1, 0.15) is 5.82 Å². The lowest BCUT2D eigenvalue weighted by Gasteiger charge is -2.37. The first-order valence-corrected chi connectivity index (χ1v) is 8.27. The summed E-state index contributed by atoms with van der Waals surface area (Å²) in [7, 11) is 0. The standard InChI is InChI=1S/C18H23N5O.2ClH/c1-14(17(19)15-5-3-2-4-6-15)18(24)23-11-9-22(10-12-23)16-13-20-7-8-21-16;;/h2-8,13-14,17H,9-12,19H2,1H3;2*1H. The molecule has 0 aliphatic carbocycles. The fourth-order valence-electron chi connectivity index (χ4n) is 3.02. The zero-order valence-corrected chi connectivity index (χ0v) is 16.3. The molecule has 1 aliphatic rings. The summed E-state index contributed by atoms with van der Waals surface area (Å²) in [6, 6.07) is 9.52. The van der Waals surface area contributed by atoms with Crippen molar-refractivity contribution in [3.05, 3.63) is 54.5 Å². The Bertz CT molecular complexity index is 666. The molecule has 26 heavy (non-hydrogen) atoms. The molecule has 2 atom stereocenters. The lowest BCUT2D eigenvalue weighted by molar-refractivity contribution is -0.136. The van der Waals surface area contributed by atoms with E-state index < -0.39 is 0 Å². The van der Waals surface area contributed by atoms with Gasteiger partial charge in [-0.2, -0.15) is 0 Å². The van der Waals surface area contributed by atoms with Gasteiger partial charge in [0.05, 0.1) is 12.1 Å². The van der Waals surface area contributed by atoms with Crippen molar-refractivity contribution in [3.8, 4) is 0 Å². The van der Waals surface area contributed by atoms with Crippen molar-refractivity contribution >= 4 is 36.5 Å². The predicted octanol–water partition coefficient (Wildman–Crippen LogP) is 2.30. The summed E-state index contributed by atoms with van der Waals surface area (Å²) in [6.45, 7) is 4.80. The van der Waals surface area contributed by atoms with Gasteiger partial charge in [0.2, 0.25) is 5.91 Å². The number of aromatic nitrogens is 2. The smallest absolute Gasteiger partial charge is 0.227 e. The van der Waals surface area contributed by atoms with E-state index in [1.54, 1.807) is 18.6 Å². The molecule has 1 aromatic carbocycles. The first-order chi connectivity index (χ1) is 11.7. The number of nitrogens with two attached hydrogens (primary N) is 1. The van der Waals surface area contributed by atoms with E-state index in [0.717, 1.165) is 24.5 Å². The van der Waals surface area contributed by atoms with Gasteiger partial charge in [-0.15, -0.1) is 24.8 Å². The second-order valence-corrected chi connectivity index (χ2v) is 6.10. The number of hydrogen-bond donors (Lipinski definition) is 1. The van der Waals surface area contributed by atoms with Crippen LogP contribution in [0.15, 0.2) is 48.9 Å². The van der Waals surface area contributed by atoms with Crippen molar-refractivity contribution in [1.29, 1.82) is 0 Å². The topological polar surface area (TPSA) is 75.4 Å². The van der Waals surface area contributed by atoms with E-state index in [1.165, 1.54) is 0 Å². The fourth-order valence-corrected chi connectivity index (χ4v) is 3.02. The monoisotopic (exact) mass is 397 g/mol. The van der Waals surface area contributed by atoms with Gasteiger partial charge in [0.25, 0.3) is 0 Å². The molecule has 1 saturated heterocycles. The second-order valence-electron chi connectivity index (χ2n) is 6.10. The Morgan fingerprint density at radius 2 is 1.73 bits per heavy atom. The lowest BCUT2D eigenvalue weighted by Crippen LogP contribution is -2.51. The molecule has 2 unspecified atom stereocenters. The number of hydrogen-bond acceptors (Lipinski definition) is 5. The lowest BCUT2D eigenvalue weighted by atomic mass is 9.94. The Kier molecular flexibility index (Phi) is 8.78. The van der Waals surface area contributed by atoms with Crippen molar-refractivity contribution in [2.45, 2.75) is 13.0 Å². The van der Waals surface area contributed by atoms with Gasteiger partial charge in [0.15, 0.2) is 0 Å². The number of benzene rings is 1. The van der Waals surface area contributed by atoms with Crippen LogP contribution in [0.4, 0.5) is 5.82 Å². The van der Waals surface area contributed by atoms with Crippen LogP contribution in [0.25, 0.3) is 0 Å². The van der Waals surface area contributed by atoms with Gasteiger partial charge in [-0.3, -0.25) is 9.78 Å². The maximum absolute atomic E-state index is 12.8. The zero-order chi connectivity index (χ0) is 16.9. The number of carbonyl (C=O) groups excluding carboxylic acids is 1. The van der Waals surface area contributed by atoms with Gasteiger partial charge in [-0.05, 0) is 5.56 Å². The Balaban J connectivity index is 0.00000169. The molecule has 2 aromatic rings. The molecule has 0 saturated carbocycles. The molecule has 2 N–H and O–H groups in total. The van der Waals surface area contributed by atoms with Crippen LogP contribution < -0.4 is 10.6 Å². The Labute approximate surface area is 166 Å². The third kappa shape index (κ3) is 5.06. The van der Waals surface area contributed by atoms with E-state index >= 15 is 0 Å². The van der Waals surface area contributed by atoms with Gasteiger partial charge >= 0.3 is 0 Å². The highest BCUT2D eigenvalue weighted by Gasteiger charge is 2.29. The molecule has 6 nitrogen and oxygen atoms in total. The van der Waals surface area contributed by atoms with Crippen LogP contribution in [0.1, 0.15) is 18.5 Å². The van der Waals surface area contributed by atoms with E-state index in [9.17, 15) is 4.79 Å². The highest BCUT2D eigenvalue weighted by Crippen LogP contribution is 2.22. The molecular formula is C18H25Cl2N5O. The molecule has 1 aliphatic heterocycles. The summed E-state index contributed by atoms with van der Waals surface area (Å²) < 4.78 is 0. The Morgan fingerprint density at radius 1 is 1.08 bits per heavy atom. The van der Waals surface area contributed by atoms with Crippen molar-refractivity contribution < 1.29 is 4.79 Å². The van der Waals surface area contributed by atoms with Gasteiger partial charge in [-0.25, -0.2) is 4.98 Å². The van der Waals surface area contributed by atoms with Gasteiger partial charge < -0.3 is 15.5 Å². The normalized spacial score (nSPS) is 16.1. The fraction of sp³-hybridized carbons (Fsp3) is 0.389. The Hall–Kier alpha value is -1.89. The maximum atomic E-state index is 12.8. The third-order valence-corrected chi connectivity index (χ3v) is 4.58. The van der Waals surface area contributed by atoms with E-state index in [0.29, 0.717) is 13.1 Å². The number of halogens is 2. The number of carbonyl (C=O) groups is 1. The highest BCUT2D eigenvalue weighted by molar-refractivity contribution is 5.85. The second kappa shape index (κ2) is 10.3. The van der Waals surface area contributed by atoms with Crippen molar-refractivity contribution in [1.82, 2.24) is 14.9 Å². The largest absolute Gasteiger partial charge is 0.352 e. The minimum Gasteiger partial charge on any atom is -0.352 e. The minimum absolute atomic E-state index is 0. The first kappa shape index (κ1) is 22.2. The quantitative estimate of drug-likeness (QED) is 0.856. The minimum atomic E-state index is -0.281. The molecule has 0 radical (unpaired) electrons. The SMILES string of the molecule is CC(C(=O)N1CCN(c2cnccn2)CC1)C(N)c1ccccc1.Cl.Cl. The van der Waals surface area contributed by atoms with Crippen LogP contribution in [0, 0.1) is 5.92 Å². The summed E-state index contributed by atoms with van der Waals surface area (Å²) in [5.74, 6) is 0.735. The van der Waals surface area contributed by atoms with Crippen LogP contribution in [-0.4, -0.2) is 47.0 Å². The predicted molar refractivity (Wildman–Crippen MR) is 108 cm³/mol. The molecule has 0 spiro atoms. The van der Waals surface area contributed by atoms with Crippen LogP contribution in [-0.2, 0) is 4.79 Å². The zero-order valence-electron chi connectivity index (χ0n) is 14.7. The van der Waals surface area contributed by atoms with E-state index in [1.807, 2.05) is 42.2 Å². The number of nitrogens with zero attached hydrogens (tertiary/aromatic N) is 4. The number of rotatable bonds is 4. The molecule has 142 valence electrons. The molecule has 1 fully saturated rings. The van der Waals surface area contributed by atoms with Crippen molar-refractivity contribution in [2.75, 3.05) is 31.1 Å². The molecule has 3 rings (SSSR count). The van der Waals surface area contributed by atoms with Gasteiger partial charge in [-0.1, -0.05) is 37.3 Å². The van der Waals surface area contributed by atoms with Crippen LogP contribution >= 0.6 is 24.8 Å². The average Bonchev–Trinajstić information content (AvgIpc) is 2.68. The van der Waals surface area contributed by atoms with E-state index in [-0.39, 0.29) is 42.7 Å². The first-order valence-electron chi connectivity index (χ1n) is 8.27. The average molecular weight is 398 g/mol. The molecule has 1 amide bonds. The molecule has 0 bridgehead atoms. The van der Waals surface area contributed by atoms with Crippen LogP contribution in [0.2, 0.25) is 0 Å². The molecule has 8 heteroatoms. The van der Waals surface area contributed by atoms with E-state index in [2.05, 4.69) is 14.9 Å². The van der Waals surface area contributed by atoms with Crippen LogP contribution in [0.3, 0.4) is 0 Å². The van der Waals surface area contributed by atoms with Crippen molar-refractivity contribution in [2.24, 2.45) is 11.7 Å². The summed E-state index contributed by atoms with van der Waals surface area (Å²) >= 11 is 0. The molecular weight excluding hydrogens is 373 g/mol. The van der Waals surface area contributed by atoms with Crippen molar-refractivity contribution in [3.63, 3.8) is 0 Å². The van der Waals surface area contributed by atoms with Crippen LogP contribution in [0.5, 0.6) is 0 Å². The number of amides is 1. The summed E-state index contributed by atoms with van der Waals surface area (Å²) in [5, 5.41) is 0. The van der Waals surface area contributed by atoms with Gasteiger partial charge in [0, 0.05) is 44.6 Å². The Morgan fingerprint density at radius 3 is 2.31 bits per heavy atom. The summed E-state index contributed by atoms with van der Waals surface area (Å²) in [5.41, 5.74) is 7.29. The summed E-state index contributed by atoms with van der Waals surface area (Å²) in [4.78, 5) is 25.2. The number of anilines is 1. The summed E-state index contributed by atoms with van der Waals surface area (Å²) in [6.07, 6.45) is 5.11. The third-order valence-electron chi connectivity index (χ3n) is 4.58. The highest BCUT2D eigenvalue weighted by atomic mass is 35.5. The maximum Gasteiger partial charge on any atom is 0.227 e.